The highest BCUT2D eigenvalue weighted by Crippen LogP contribution is 2.47. The predicted octanol–water partition coefficient (Wildman–Crippen LogP) is 6.67. The third kappa shape index (κ3) is 4.66. The van der Waals surface area contributed by atoms with E-state index in [4.69, 9.17) is 9.26 Å². The van der Waals surface area contributed by atoms with Gasteiger partial charge in [0.2, 0.25) is 0 Å². The van der Waals surface area contributed by atoms with Crippen LogP contribution in [-0.2, 0) is 17.5 Å². The minimum absolute atomic E-state index is 0.0311. The van der Waals surface area contributed by atoms with Gasteiger partial charge in [-0.15, -0.1) is 0 Å². The number of carbonyl (C=O) groups excluding carboxylic acids is 1. The number of hydrogen-bond donors (Lipinski definition) is 1. The molecule has 2 saturated carbocycles. The Morgan fingerprint density at radius 2 is 1.93 bits per heavy atom. The van der Waals surface area contributed by atoms with Crippen molar-refractivity contribution in [2.75, 3.05) is 12.0 Å². The zero-order chi connectivity index (χ0) is 28.5. The van der Waals surface area contributed by atoms with Gasteiger partial charge in [-0.25, -0.2) is 14.2 Å². The first-order valence-corrected chi connectivity index (χ1v) is 14.4. The topological polar surface area (TPSA) is 80.5 Å². The Balaban J connectivity index is 1.08. The summed E-state index contributed by atoms with van der Waals surface area (Å²) in [6.07, 6.45) is 0.0128. The van der Waals surface area contributed by atoms with Crippen molar-refractivity contribution in [2.45, 2.75) is 68.9 Å². The van der Waals surface area contributed by atoms with Gasteiger partial charge in [0.1, 0.15) is 17.0 Å². The van der Waals surface area contributed by atoms with Gasteiger partial charge in [0.15, 0.2) is 10.9 Å². The molecule has 12 heteroatoms. The Bertz CT molecular complexity index is 1630. The lowest BCUT2D eigenvalue weighted by Gasteiger charge is -2.55. The second-order valence-corrected chi connectivity index (χ2v) is 12.0. The molecule has 0 radical (unpaired) electrons. The van der Waals surface area contributed by atoms with Crippen molar-refractivity contribution in [1.29, 1.82) is 0 Å². The van der Waals surface area contributed by atoms with Crippen LogP contribution in [0.15, 0.2) is 40.9 Å². The average Bonchev–Trinajstić information content (AvgIpc) is 3.57. The van der Waals surface area contributed by atoms with Crippen LogP contribution >= 0.6 is 11.3 Å². The summed E-state index contributed by atoms with van der Waals surface area (Å²) in [4.78, 5) is 18.7. The van der Waals surface area contributed by atoms with Gasteiger partial charge in [-0.05, 0) is 50.3 Å². The molecule has 41 heavy (non-hydrogen) atoms. The molecule has 0 amide bonds. The van der Waals surface area contributed by atoms with Gasteiger partial charge in [-0.1, -0.05) is 34.7 Å². The first kappa shape index (κ1) is 26.4. The Morgan fingerprint density at radius 1 is 1.17 bits per heavy atom. The third-order valence-electron chi connectivity index (χ3n) is 8.35. The summed E-state index contributed by atoms with van der Waals surface area (Å²) in [6.45, 7) is 0.365. The number of nitrogens with one attached hydrogen (secondary N) is 1. The molecule has 2 aromatic carbocycles. The van der Waals surface area contributed by atoms with E-state index in [1.807, 2.05) is 0 Å². The standard InChI is InChI=1S/C29H26F4N4O3S/c1-39-27(38)15-8-22(30)25-23(9-15)41-28(35-25)37-17-10-16(11-18(37)12-17)34-13-20-24(36-40-26(20)14-6-7-14)19-4-2-3-5-21(19)29(31,32)33/h2-5,8-9,14,16-18,34H,6-7,10-13H2,1H3. The summed E-state index contributed by atoms with van der Waals surface area (Å²) < 4.78 is 67.0. The van der Waals surface area contributed by atoms with Crippen molar-refractivity contribution >= 4 is 32.7 Å². The van der Waals surface area contributed by atoms with Gasteiger partial charge in [0.25, 0.3) is 0 Å². The van der Waals surface area contributed by atoms with Gasteiger partial charge < -0.3 is 19.5 Å². The summed E-state index contributed by atoms with van der Waals surface area (Å²) in [5.41, 5.74) is 0.642. The molecule has 4 heterocycles. The van der Waals surface area contributed by atoms with Gasteiger partial charge in [0, 0.05) is 41.7 Å². The van der Waals surface area contributed by atoms with Crippen molar-refractivity contribution in [3.63, 3.8) is 0 Å². The van der Waals surface area contributed by atoms with E-state index in [1.165, 1.54) is 30.6 Å². The summed E-state index contributed by atoms with van der Waals surface area (Å²) in [5.74, 6) is -0.285. The molecule has 1 N–H and O–H groups in total. The van der Waals surface area contributed by atoms with Gasteiger partial charge in [-0.3, -0.25) is 0 Å². The van der Waals surface area contributed by atoms with Crippen molar-refractivity contribution < 1.29 is 31.6 Å². The van der Waals surface area contributed by atoms with Crippen LogP contribution in [0.25, 0.3) is 21.5 Å². The summed E-state index contributed by atoms with van der Waals surface area (Å²) in [5, 5.41) is 8.42. The van der Waals surface area contributed by atoms with Crippen LogP contribution in [-0.4, -0.2) is 41.3 Å². The number of rotatable bonds is 7. The normalized spacial score (nSPS) is 22.2. The number of piperidine rings is 1. The molecule has 4 aromatic rings. The van der Waals surface area contributed by atoms with Gasteiger partial charge >= 0.3 is 12.1 Å². The van der Waals surface area contributed by atoms with E-state index in [0.29, 0.717) is 22.6 Å². The highest BCUT2D eigenvalue weighted by atomic mass is 32.1. The van der Waals surface area contributed by atoms with E-state index in [0.717, 1.165) is 49.4 Å². The number of esters is 1. The predicted molar refractivity (Wildman–Crippen MR) is 144 cm³/mol. The van der Waals surface area contributed by atoms with Crippen LogP contribution in [0.1, 0.15) is 65.3 Å². The number of nitrogens with zero attached hydrogens (tertiary/aromatic N) is 3. The molecule has 8 rings (SSSR count). The molecular weight excluding hydrogens is 560 g/mol. The van der Waals surface area contributed by atoms with Gasteiger partial charge in [-0.2, -0.15) is 13.2 Å². The zero-order valence-corrected chi connectivity index (χ0v) is 22.8. The summed E-state index contributed by atoms with van der Waals surface area (Å²) in [7, 11) is 1.26. The van der Waals surface area contributed by atoms with Crippen molar-refractivity contribution in [3.05, 3.63) is 64.7 Å². The summed E-state index contributed by atoms with van der Waals surface area (Å²) >= 11 is 1.36. The lowest BCUT2D eigenvalue weighted by Crippen LogP contribution is -2.64. The number of alkyl halides is 3. The lowest BCUT2D eigenvalue weighted by atomic mass is 9.77. The van der Waals surface area contributed by atoms with Crippen LogP contribution in [0.5, 0.6) is 0 Å². The fourth-order valence-corrected chi connectivity index (χ4v) is 7.39. The molecule has 0 spiro atoms. The largest absolute Gasteiger partial charge is 0.465 e. The number of halogens is 4. The number of carbonyl (C=O) groups is 1. The minimum Gasteiger partial charge on any atom is -0.465 e. The Hall–Kier alpha value is -3.51. The van der Waals surface area contributed by atoms with Crippen molar-refractivity contribution in [2.24, 2.45) is 0 Å². The minimum atomic E-state index is -4.50. The molecule has 2 aromatic heterocycles. The Kier molecular flexibility index (Phi) is 6.31. The van der Waals surface area contributed by atoms with Crippen molar-refractivity contribution in [1.82, 2.24) is 15.5 Å². The van der Waals surface area contributed by atoms with E-state index in [-0.39, 0.29) is 46.4 Å². The van der Waals surface area contributed by atoms with E-state index >= 15 is 0 Å². The molecule has 2 saturated heterocycles. The molecule has 2 bridgehead atoms. The Morgan fingerprint density at radius 3 is 2.63 bits per heavy atom. The average molecular weight is 587 g/mol. The van der Waals surface area contributed by atoms with E-state index in [9.17, 15) is 22.4 Å². The first-order valence-electron chi connectivity index (χ1n) is 13.6. The maximum atomic E-state index is 14.7. The van der Waals surface area contributed by atoms with Crippen LogP contribution in [0.4, 0.5) is 22.7 Å². The SMILES string of the molecule is COC(=O)c1cc(F)c2nc(N3C4CC(NCc5c(-c6ccccc6C(F)(F)F)noc5C5CC5)CC3C4)sc2c1. The molecule has 2 aliphatic carbocycles. The molecule has 214 valence electrons. The first-order chi connectivity index (χ1) is 19.7. The number of anilines is 1. The number of benzene rings is 2. The highest BCUT2D eigenvalue weighted by molar-refractivity contribution is 7.22. The van der Waals surface area contributed by atoms with Crippen LogP contribution < -0.4 is 10.2 Å². The van der Waals surface area contributed by atoms with Gasteiger partial charge in [0.05, 0.1) is 22.9 Å². The number of thiazole rings is 1. The summed E-state index contributed by atoms with van der Waals surface area (Å²) in [6, 6.07) is 8.82. The smallest absolute Gasteiger partial charge is 0.417 e. The Labute approximate surface area is 236 Å². The molecule has 4 aliphatic rings. The number of aromatic nitrogens is 2. The molecule has 2 unspecified atom stereocenters. The molecular formula is C29H26F4N4O3S. The molecule has 4 fully saturated rings. The monoisotopic (exact) mass is 586 g/mol. The zero-order valence-electron chi connectivity index (χ0n) is 22.0. The van der Waals surface area contributed by atoms with Crippen LogP contribution in [0, 0.1) is 5.82 Å². The molecule has 2 aliphatic heterocycles. The third-order valence-corrected chi connectivity index (χ3v) is 9.36. The highest BCUT2D eigenvalue weighted by Gasteiger charge is 2.47. The van der Waals surface area contributed by atoms with E-state index in [1.54, 1.807) is 12.1 Å². The van der Waals surface area contributed by atoms with Crippen LogP contribution in [0.3, 0.4) is 0 Å². The second kappa shape index (κ2) is 9.80. The number of ether oxygens (including phenoxy) is 1. The fourth-order valence-electron chi connectivity index (χ4n) is 6.23. The van der Waals surface area contributed by atoms with E-state index in [2.05, 4.69) is 20.4 Å². The fraction of sp³-hybridized carbons (Fsp3) is 0.414. The number of hydrogen-bond acceptors (Lipinski definition) is 8. The van der Waals surface area contributed by atoms with Crippen LogP contribution in [0.2, 0.25) is 0 Å². The van der Waals surface area contributed by atoms with Crippen molar-refractivity contribution in [3.8, 4) is 11.3 Å². The van der Waals surface area contributed by atoms with E-state index < -0.39 is 23.5 Å². The lowest BCUT2D eigenvalue weighted by molar-refractivity contribution is -0.137. The molecule has 2 atom stereocenters. The number of fused-ring (bicyclic) bond motifs is 3. The number of methoxy groups -OCH3 is 1. The molecule has 7 nitrogen and oxygen atoms in total. The quantitative estimate of drug-likeness (QED) is 0.191. The second-order valence-electron chi connectivity index (χ2n) is 11.0. The maximum absolute atomic E-state index is 14.7. The maximum Gasteiger partial charge on any atom is 0.417 e.